The SMILES string of the molecule is [C-]#[N+]c1ccc(-n2ccc3cc(C(=O)N4CCC(C)(F)CC4)cnc32)cc1O. The van der Waals surface area contributed by atoms with Gasteiger partial charge >= 0.3 is 0 Å². The van der Waals surface area contributed by atoms with Gasteiger partial charge in [0.15, 0.2) is 0 Å². The van der Waals surface area contributed by atoms with Gasteiger partial charge in [-0.15, -0.1) is 0 Å². The monoisotopic (exact) mass is 378 g/mol. The molecule has 142 valence electrons. The predicted octanol–water partition coefficient (Wildman–Crippen LogP) is 4.25. The van der Waals surface area contributed by atoms with Gasteiger partial charge in [-0.3, -0.25) is 4.79 Å². The molecule has 0 unspecified atom stereocenters. The first-order valence-electron chi connectivity index (χ1n) is 9.04. The number of carbonyl (C=O) groups excluding carboxylic acids is 1. The van der Waals surface area contributed by atoms with Crippen LogP contribution in [0.3, 0.4) is 0 Å². The van der Waals surface area contributed by atoms with Gasteiger partial charge in [0.05, 0.1) is 12.1 Å². The molecule has 1 fully saturated rings. The van der Waals surface area contributed by atoms with E-state index in [2.05, 4.69) is 9.83 Å². The Bertz CT molecular complexity index is 1100. The molecule has 2 aromatic heterocycles. The maximum atomic E-state index is 14.0. The van der Waals surface area contributed by atoms with E-state index in [1.807, 2.05) is 6.07 Å². The first-order valence-corrected chi connectivity index (χ1v) is 9.04. The second-order valence-electron chi connectivity index (χ2n) is 7.31. The van der Waals surface area contributed by atoms with Gasteiger partial charge in [0, 0.05) is 36.6 Å². The highest BCUT2D eigenvalue weighted by Crippen LogP contribution is 2.30. The van der Waals surface area contributed by atoms with Crippen molar-refractivity contribution in [1.29, 1.82) is 0 Å². The molecule has 4 rings (SSSR count). The molecule has 1 amide bonds. The van der Waals surface area contributed by atoms with E-state index in [-0.39, 0.29) is 17.3 Å². The number of fused-ring (bicyclic) bond motifs is 1. The van der Waals surface area contributed by atoms with Gasteiger partial charge in [0.1, 0.15) is 17.1 Å². The molecule has 0 saturated carbocycles. The van der Waals surface area contributed by atoms with Crippen LogP contribution in [0.25, 0.3) is 21.6 Å². The van der Waals surface area contributed by atoms with Crippen molar-refractivity contribution in [1.82, 2.24) is 14.5 Å². The molecule has 0 spiro atoms. The number of likely N-dealkylation sites (tertiary alicyclic amines) is 1. The smallest absolute Gasteiger partial charge is 0.255 e. The number of alkyl halides is 1. The normalized spacial score (nSPS) is 16.1. The Morgan fingerprint density at radius 3 is 2.71 bits per heavy atom. The summed E-state index contributed by atoms with van der Waals surface area (Å²) in [6.45, 7) is 9.40. The topological polar surface area (TPSA) is 62.7 Å². The van der Waals surface area contributed by atoms with Crippen LogP contribution >= 0.6 is 0 Å². The summed E-state index contributed by atoms with van der Waals surface area (Å²) < 4.78 is 15.8. The van der Waals surface area contributed by atoms with Gasteiger partial charge in [-0.2, -0.15) is 0 Å². The highest BCUT2D eigenvalue weighted by atomic mass is 19.1. The molecule has 0 aliphatic carbocycles. The number of nitrogens with zero attached hydrogens (tertiary/aromatic N) is 4. The summed E-state index contributed by atoms with van der Waals surface area (Å²) >= 11 is 0. The maximum absolute atomic E-state index is 14.0. The number of phenolic OH excluding ortho intramolecular Hbond substituents is 1. The Balaban J connectivity index is 1.62. The van der Waals surface area contributed by atoms with Crippen LogP contribution in [0, 0.1) is 6.57 Å². The molecule has 6 nitrogen and oxygen atoms in total. The van der Waals surface area contributed by atoms with Crippen molar-refractivity contribution >= 4 is 22.6 Å². The molecule has 1 aromatic carbocycles. The number of pyridine rings is 1. The molecular weight excluding hydrogens is 359 g/mol. The van der Waals surface area contributed by atoms with Crippen LogP contribution in [0.2, 0.25) is 0 Å². The van der Waals surface area contributed by atoms with Gasteiger partial charge in [-0.05, 0) is 44.0 Å². The third-order valence-electron chi connectivity index (χ3n) is 5.22. The average Bonchev–Trinajstić information content (AvgIpc) is 3.10. The number of aromatic hydroxyl groups is 1. The van der Waals surface area contributed by atoms with E-state index in [1.54, 1.807) is 40.8 Å². The summed E-state index contributed by atoms with van der Waals surface area (Å²) in [6.07, 6.45) is 4.01. The molecule has 0 bridgehead atoms. The number of hydrogen-bond acceptors (Lipinski definition) is 3. The molecular formula is C21H19FN4O2. The van der Waals surface area contributed by atoms with Crippen molar-refractivity contribution in [2.45, 2.75) is 25.4 Å². The average molecular weight is 378 g/mol. The lowest BCUT2D eigenvalue weighted by Gasteiger charge is -2.34. The number of halogens is 1. The largest absolute Gasteiger partial charge is 0.519 e. The third kappa shape index (κ3) is 3.18. The number of carbonyl (C=O) groups is 1. The number of aromatic nitrogens is 2. The van der Waals surface area contributed by atoms with Gasteiger partial charge in [-0.25, -0.2) is 14.2 Å². The lowest BCUT2D eigenvalue weighted by Crippen LogP contribution is -2.43. The zero-order valence-electron chi connectivity index (χ0n) is 15.4. The quantitative estimate of drug-likeness (QED) is 0.678. The van der Waals surface area contributed by atoms with Crippen LogP contribution in [0.1, 0.15) is 30.1 Å². The summed E-state index contributed by atoms with van der Waals surface area (Å²) in [5, 5.41) is 10.7. The van der Waals surface area contributed by atoms with Crippen molar-refractivity contribution in [3.63, 3.8) is 0 Å². The molecule has 1 saturated heterocycles. The van der Waals surface area contributed by atoms with Gasteiger partial charge in [-0.1, -0.05) is 6.07 Å². The van der Waals surface area contributed by atoms with E-state index in [9.17, 15) is 14.3 Å². The Kier molecular flexibility index (Phi) is 4.27. The predicted molar refractivity (Wildman–Crippen MR) is 104 cm³/mol. The fraction of sp³-hybridized carbons (Fsp3) is 0.286. The number of hydrogen-bond donors (Lipinski definition) is 1. The molecule has 0 radical (unpaired) electrons. The number of amides is 1. The van der Waals surface area contributed by atoms with Gasteiger partial charge in [0.25, 0.3) is 5.91 Å². The standard InChI is InChI=1S/C21H19FN4O2/c1-21(22)6-9-25(10-7-21)20(28)15-11-14-5-8-26(19(14)24-13-15)16-3-4-17(23-2)18(27)12-16/h3-5,8,11-13,27H,6-7,9-10H2,1H3. The van der Waals surface area contributed by atoms with Crippen LogP contribution in [0.5, 0.6) is 5.75 Å². The van der Waals surface area contributed by atoms with Gasteiger partial charge < -0.3 is 14.6 Å². The second kappa shape index (κ2) is 6.64. The Morgan fingerprint density at radius 1 is 1.29 bits per heavy atom. The van der Waals surface area contributed by atoms with Crippen molar-refractivity contribution in [2.75, 3.05) is 13.1 Å². The lowest BCUT2D eigenvalue weighted by atomic mass is 9.95. The van der Waals surface area contributed by atoms with Crippen LogP contribution in [0.4, 0.5) is 10.1 Å². The van der Waals surface area contributed by atoms with E-state index in [0.717, 1.165) is 5.39 Å². The van der Waals surface area contributed by atoms with Crippen molar-refractivity contribution < 1.29 is 14.3 Å². The Labute approximate surface area is 161 Å². The number of phenols is 1. The molecule has 1 aliphatic heterocycles. The van der Waals surface area contributed by atoms with E-state index in [0.29, 0.717) is 42.8 Å². The Hall–Kier alpha value is -3.40. The Morgan fingerprint density at radius 2 is 2.04 bits per heavy atom. The summed E-state index contributed by atoms with van der Waals surface area (Å²) in [4.78, 5) is 22.1. The minimum absolute atomic E-state index is 0.0916. The second-order valence-corrected chi connectivity index (χ2v) is 7.31. The lowest BCUT2D eigenvalue weighted by molar-refractivity contribution is 0.0504. The maximum Gasteiger partial charge on any atom is 0.255 e. The molecule has 1 N–H and O–H groups in total. The van der Waals surface area contributed by atoms with E-state index in [1.165, 1.54) is 12.3 Å². The van der Waals surface area contributed by atoms with Crippen LogP contribution in [-0.2, 0) is 0 Å². The fourth-order valence-corrected chi connectivity index (χ4v) is 3.46. The number of piperidine rings is 1. The molecule has 3 heterocycles. The molecule has 3 aromatic rings. The first-order chi connectivity index (χ1) is 13.4. The highest BCUT2D eigenvalue weighted by Gasteiger charge is 2.31. The zero-order valence-corrected chi connectivity index (χ0v) is 15.4. The van der Waals surface area contributed by atoms with Crippen LogP contribution < -0.4 is 0 Å². The summed E-state index contributed by atoms with van der Waals surface area (Å²) in [5.41, 5.74) is 0.766. The molecule has 1 aliphatic rings. The summed E-state index contributed by atoms with van der Waals surface area (Å²) in [7, 11) is 0. The third-order valence-corrected chi connectivity index (χ3v) is 5.22. The van der Waals surface area contributed by atoms with Crippen LogP contribution in [-0.4, -0.2) is 44.2 Å². The molecule has 0 atom stereocenters. The van der Waals surface area contributed by atoms with Gasteiger partial charge in [0.2, 0.25) is 5.69 Å². The van der Waals surface area contributed by atoms with Crippen LogP contribution in [0.15, 0.2) is 42.7 Å². The minimum Gasteiger partial charge on any atom is -0.519 e. The highest BCUT2D eigenvalue weighted by molar-refractivity contribution is 5.97. The summed E-state index contributed by atoms with van der Waals surface area (Å²) in [6, 6.07) is 8.41. The zero-order chi connectivity index (χ0) is 19.9. The van der Waals surface area contributed by atoms with E-state index >= 15 is 0 Å². The first kappa shape index (κ1) is 18.0. The summed E-state index contributed by atoms with van der Waals surface area (Å²) in [5.74, 6) is -0.234. The van der Waals surface area contributed by atoms with Crippen molar-refractivity contribution in [2.24, 2.45) is 0 Å². The van der Waals surface area contributed by atoms with Crippen molar-refractivity contribution in [3.05, 3.63) is 59.7 Å². The minimum atomic E-state index is -1.20. The number of rotatable bonds is 2. The molecule has 28 heavy (non-hydrogen) atoms. The fourth-order valence-electron chi connectivity index (χ4n) is 3.46. The molecule has 7 heteroatoms. The van der Waals surface area contributed by atoms with Crippen molar-refractivity contribution in [3.8, 4) is 11.4 Å². The van der Waals surface area contributed by atoms with E-state index < -0.39 is 5.67 Å². The number of benzene rings is 1. The van der Waals surface area contributed by atoms with E-state index in [4.69, 9.17) is 6.57 Å².